The maximum atomic E-state index is 12.1. The lowest BCUT2D eigenvalue weighted by atomic mass is 10.00. The summed E-state index contributed by atoms with van der Waals surface area (Å²) in [5, 5.41) is 6.23. The number of halogens is 1. The standard InChI is InChI=1S/C16H24N2O2.ClH/c1-11-4-5-14(12(2)8-11)9-13(3)18-16(19)15-10-20-7-6-17-15;/h4-5,8,13,15,17H,6-7,9-10H2,1-3H3,(H,18,19);1H. The predicted molar refractivity (Wildman–Crippen MR) is 87.1 cm³/mol. The molecular formula is C16H25ClN2O2. The maximum absolute atomic E-state index is 12.1. The lowest BCUT2D eigenvalue weighted by Gasteiger charge is -2.25. The molecule has 1 aliphatic heterocycles. The minimum atomic E-state index is -0.217. The second-order valence-corrected chi connectivity index (χ2v) is 5.63. The van der Waals surface area contributed by atoms with Crippen LogP contribution in [0.2, 0.25) is 0 Å². The van der Waals surface area contributed by atoms with Gasteiger partial charge >= 0.3 is 0 Å². The molecule has 4 nitrogen and oxygen atoms in total. The molecule has 2 atom stereocenters. The van der Waals surface area contributed by atoms with Gasteiger partial charge in [-0.2, -0.15) is 0 Å². The van der Waals surface area contributed by atoms with E-state index in [1.165, 1.54) is 16.7 Å². The van der Waals surface area contributed by atoms with E-state index in [2.05, 4.69) is 42.7 Å². The van der Waals surface area contributed by atoms with E-state index in [0.29, 0.717) is 13.2 Å². The third-order valence-electron chi connectivity index (χ3n) is 3.65. The van der Waals surface area contributed by atoms with Gasteiger partial charge in [-0.05, 0) is 38.3 Å². The summed E-state index contributed by atoms with van der Waals surface area (Å²) in [6.07, 6.45) is 0.853. The quantitative estimate of drug-likeness (QED) is 0.891. The normalized spacial score (nSPS) is 19.5. The summed E-state index contributed by atoms with van der Waals surface area (Å²) >= 11 is 0. The Kier molecular flexibility index (Phi) is 7.15. The molecule has 1 aromatic carbocycles. The number of ether oxygens (including phenoxy) is 1. The number of hydrogen-bond acceptors (Lipinski definition) is 3. The molecule has 21 heavy (non-hydrogen) atoms. The predicted octanol–water partition coefficient (Wildman–Crippen LogP) is 1.76. The highest BCUT2D eigenvalue weighted by molar-refractivity contribution is 5.85. The van der Waals surface area contributed by atoms with Crippen molar-refractivity contribution in [3.63, 3.8) is 0 Å². The summed E-state index contributed by atoms with van der Waals surface area (Å²) in [6.45, 7) is 8.14. The van der Waals surface area contributed by atoms with E-state index < -0.39 is 0 Å². The van der Waals surface area contributed by atoms with Crippen molar-refractivity contribution in [1.29, 1.82) is 0 Å². The Morgan fingerprint density at radius 1 is 1.48 bits per heavy atom. The number of benzene rings is 1. The molecule has 2 N–H and O–H groups in total. The van der Waals surface area contributed by atoms with Crippen LogP contribution in [0.1, 0.15) is 23.6 Å². The van der Waals surface area contributed by atoms with Gasteiger partial charge in [0.15, 0.2) is 0 Å². The summed E-state index contributed by atoms with van der Waals surface area (Å²) in [7, 11) is 0. The van der Waals surface area contributed by atoms with Crippen molar-refractivity contribution in [3.05, 3.63) is 34.9 Å². The summed E-state index contributed by atoms with van der Waals surface area (Å²) in [6, 6.07) is 6.35. The fourth-order valence-electron chi connectivity index (χ4n) is 2.53. The van der Waals surface area contributed by atoms with E-state index in [9.17, 15) is 4.79 Å². The average Bonchev–Trinajstić information content (AvgIpc) is 2.43. The highest BCUT2D eigenvalue weighted by Crippen LogP contribution is 2.12. The number of rotatable bonds is 4. The number of morpholine rings is 1. The molecule has 1 fully saturated rings. The van der Waals surface area contributed by atoms with Crippen LogP contribution in [-0.2, 0) is 16.0 Å². The molecule has 0 spiro atoms. The van der Waals surface area contributed by atoms with Crippen molar-refractivity contribution in [3.8, 4) is 0 Å². The monoisotopic (exact) mass is 312 g/mol. The Balaban J connectivity index is 0.00000220. The smallest absolute Gasteiger partial charge is 0.239 e. The summed E-state index contributed by atoms with van der Waals surface area (Å²) in [5.74, 6) is 0.0296. The van der Waals surface area contributed by atoms with E-state index >= 15 is 0 Å². The Labute approximate surface area is 133 Å². The number of aryl methyl sites for hydroxylation is 2. The van der Waals surface area contributed by atoms with Crippen molar-refractivity contribution in [2.45, 2.75) is 39.3 Å². The van der Waals surface area contributed by atoms with Crippen LogP contribution in [0.4, 0.5) is 0 Å². The topological polar surface area (TPSA) is 50.4 Å². The second kappa shape index (κ2) is 8.37. The van der Waals surface area contributed by atoms with Gasteiger partial charge in [0.25, 0.3) is 0 Å². The van der Waals surface area contributed by atoms with Gasteiger partial charge < -0.3 is 15.4 Å². The average molecular weight is 313 g/mol. The minimum Gasteiger partial charge on any atom is -0.378 e. The van der Waals surface area contributed by atoms with E-state index in [0.717, 1.165) is 13.0 Å². The molecule has 1 heterocycles. The lowest BCUT2D eigenvalue weighted by Crippen LogP contribution is -2.53. The lowest BCUT2D eigenvalue weighted by molar-refractivity contribution is -0.126. The molecule has 0 bridgehead atoms. The number of nitrogens with one attached hydrogen (secondary N) is 2. The van der Waals surface area contributed by atoms with Gasteiger partial charge in [0, 0.05) is 12.6 Å². The number of hydrogen-bond donors (Lipinski definition) is 2. The fraction of sp³-hybridized carbons (Fsp3) is 0.562. The number of amides is 1. The zero-order chi connectivity index (χ0) is 14.5. The SMILES string of the molecule is Cc1ccc(CC(C)NC(=O)C2COCCN2)c(C)c1.Cl. The van der Waals surface area contributed by atoms with Crippen LogP contribution in [0.3, 0.4) is 0 Å². The molecule has 0 saturated carbocycles. The van der Waals surface area contributed by atoms with Crippen LogP contribution in [-0.4, -0.2) is 37.7 Å². The first-order chi connectivity index (χ1) is 9.56. The molecule has 1 aromatic rings. The first kappa shape index (κ1) is 18.0. The largest absolute Gasteiger partial charge is 0.378 e. The highest BCUT2D eigenvalue weighted by atomic mass is 35.5. The Bertz CT molecular complexity index is 473. The Morgan fingerprint density at radius 3 is 2.86 bits per heavy atom. The van der Waals surface area contributed by atoms with Crippen molar-refractivity contribution < 1.29 is 9.53 Å². The molecule has 0 radical (unpaired) electrons. The third kappa shape index (κ3) is 5.30. The van der Waals surface area contributed by atoms with E-state index in [1.54, 1.807) is 0 Å². The first-order valence-corrected chi connectivity index (χ1v) is 7.24. The van der Waals surface area contributed by atoms with Gasteiger partial charge in [-0.1, -0.05) is 23.8 Å². The van der Waals surface area contributed by atoms with Crippen molar-refractivity contribution >= 4 is 18.3 Å². The van der Waals surface area contributed by atoms with Crippen LogP contribution in [0.5, 0.6) is 0 Å². The third-order valence-corrected chi connectivity index (χ3v) is 3.65. The molecule has 0 aliphatic carbocycles. The van der Waals surface area contributed by atoms with Crippen LogP contribution in [0.25, 0.3) is 0 Å². The zero-order valence-corrected chi connectivity index (χ0v) is 13.8. The number of carbonyl (C=O) groups is 1. The highest BCUT2D eigenvalue weighted by Gasteiger charge is 2.22. The van der Waals surface area contributed by atoms with E-state index in [4.69, 9.17) is 4.74 Å². The Morgan fingerprint density at radius 2 is 2.24 bits per heavy atom. The van der Waals surface area contributed by atoms with Crippen molar-refractivity contribution in [1.82, 2.24) is 10.6 Å². The van der Waals surface area contributed by atoms with Gasteiger partial charge in [-0.15, -0.1) is 12.4 Å². The molecular weight excluding hydrogens is 288 g/mol. The van der Waals surface area contributed by atoms with Crippen LogP contribution < -0.4 is 10.6 Å². The molecule has 5 heteroatoms. The first-order valence-electron chi connectivity index (χ1n) is 7.24. The van der Waals surface area contributed by atoms with Gasteiger partial charge in [0.2, 0.25) is 5.91 Å². The second-order valence-electron chi connectivity index (χ2n) is 5.63. The maximum Gasteiger partial charge on any atom is 0.239 e. The molecule has 1 amide bonds. The van der Waals surface area contributed by atoms with Gasteiger partial charge in [-0.25, -0.2) is 0 Å². The fourth-order valence-corrected chi connectivity index (χ4v) is 2.53. The Hall–Kier alpha value is -1.10. The molecule has 0 aromatic heterocycles. The molecule has 1 saturated heterocycles. The van der Waals surface area contributed by atoms with Gasteiger partial charge in [-0.3, -0.25) is 4.79 Å². The summed E-state index contributed by atoms with van der Waals surface area (Å²) in [5.41, 5.74) is 3.84. The molecule has 118 valence electrons. The van der Waals surface area contributed by atoms with E-state index in [-0.39, 0.29) is 30.4 Å². The van der Waals surface area contributed by atoms with Gasteiger partial charge in [0.05, 0.1) is 13.2 Å². The molecule has 1 aliphatic rings. The minimum absolute atomic E-state index is 0. The zero-order valence-electron chi connectivity index (χ0n) is 12.9. The number of carbonyl (C=O) groups excluding carboxylic acids is 1. The van der Waals surface area contributed by atoms with Gasteiger partial charge in [0.1, 0.15) is 6.04 Å². The molecule has 2 unspecified atom stereocenters. The van der Waals surface area contributed by atoms with Crippen molar-refractivity contribution in [2.75, 3.05) is 19.8 Å². The summed E-state index contributed by atoms with van der Waals surface area (Å²) in [4.78, 5) is 12.1. The van der Waals surface area contributed by atoms with Crippen LogP contribution in [0.15, 0.2) is 18.2 Å². The summed E-state index contributed by atoms with van der Waals surface area (Å²) < 4.78 is 5.31. The van der Waals surface area contributed by atoms with Crippen molar-refractivity contribution in [2.24, 2.45) is 0 Å². The van der Waals surface area contributed by atoms with E-state index in [1.807, 2.05) is 6.92 Å². The van der Waals surface area contributed by atoms with Crippen LogP contribution >= 0.6 is 12.4 Å². The molecule has 2 rings (SSSR count). The van der Waals surface area contributed by atoms with Crippen LogP contribution in [0, 0.1) is 13.8 Å².